The normalized spacial score (nSPS) is 21.5. The monoisotopic (exact) mass is 302 g/mol. The summed E-state index contributed by atoms with van der Waals surface area (Å²) in [6, 6.07) is 8.98. The van der Waals surface area contributed by atoms with Crippen molar-refractivity contribution in [2.75, 3.05) is 6.54 Å². The summed E-state index contributed by atoms with van der Waals surface area (Å²) in [7, 11) is 0. The van der Waals surface area contributed by atoms with E-state index in [2.05, 4.69) is 36.5 Å². The van der Waals surface area contributed by atoms with Gasteiger partial charge >= 0.3 is 0 Å². The van der Waals surface area contributed by atoms with Crippen molar-refractivity contribution in [3.05, 3.63) is 35.4 Å². The molecule has 3 heteroatoms. The zero-order chi connectivity index (χ0) is 15.8. The van der Waals surface area contributed by atoms with E-state index in [0.717, 1.165) is 32.1 Å². The zero-order valence-electron chi connectivity index (χ0n) is 13.8. The lowest BCUT2D eigenvalue weighted by Crippen LogP contribution is -2.44. The van der Waals surface area contributed by atoms with Crippen LogP contribution < -0.4 is 11.1 Å². The molecule has 0 aromatic heterocycles. The van der Waals surface area contributed by atoms with E-state index in [1.807, 2.05) is 0 Å². The van der Waals surface area contributed by atoms with E-state index in [-0.39, 0.29) is 5.91 Å². The maximum absolute atomic E-state index is 12.1. The highest BCUT2D eigenvalue weighted by Gasteiger charge is 2.24. The van der Waals surface area contributed by atoms with Crippen LogP contribution in [0.1, 0.15) is 56.1 Å². The lowest BCUT2D eigenvalue weighted by atomic mass is 9.84. The molecular formula is C19H30N2O. The van der Waals surface area contributed by atoms with Crippen molar-refractivity contribution in [1.29, 1.82) is 0 Å². The number of amides is 1. The van der Waals surface area contributed by atoms with Gasteiger partial charge in [-0.3, -0.25) is 4.79 Å². The summed E-state index contributed by atoms with van der Waals surface area (Å²) in [5.74, 6) is 0.680. The van der Waals surface area contributed by atoms with Crippen LogP contribution in [0, 0.1) is 12.8 Å². The average molecular weight is 302 g/mol. The van der Waals surface area contributed by atoms with Crippen LogP contribution in [0.15, 0.2) is 24.3 Å². The number of carbonyl (C=O) groups is 1. The summed E-state index contributed by atoms with van der Waals surface area (Å²) in [5.41, 5.74) is 8.47. The van der Waals surface area contributed by atoms with Crippen molar-refractivity contribution in [3.63, 3.8) is 0 Å². The molecule has 0 spiro atoms. The lowest BCUT2D eigenvalue weighted by molar-refractivity contribution is -0.122. The van der Waals surface area contributed by atoms with E-state index >= 15 is 0 Å². The van der Waals surface area contributed by atoms with Crippen LogP contribution in [-0.4, -0.2) is 18.5 Å². The molecule has 3 nitrogen and oxygen atoms in total. The average Bonchev–Trinajstić information content (AvgIpc) is 2.54. The maximum Gasteiger partial charge on any atom is 0.220 e. The van der Waals surface area contributed by atoms with Crippen LogP contribution in [0.25, 0.3) is 0 Å². The number of benzene rings is 1. The molecule has 0 radical (unpaired) electrons. The second-order valence-electron chi connectivity index (χ2n) is 6.65. The molecule has 1 aliphatic carbocycles. The number of hydrogen-bond donors (Lipinski definition) is 2. The van der Waals surface area contributed by atoms with E-state index in [0.29, 0.717) is 24.9 Å². The van der Waals surface area contributed by atoms with Gasteiger partial charge in [0.2, 0.25) is 5.91 Å². The molecule has 22 heavy (non-hydrogen) atoms. The molecule has 1 aromatic rings. The van der Waals surface area contributed by atoms with E-state index in [1.165, 1.54) is 24.0 Å². The Morgan fingerprint density at radius 2 is 1.91 bits per heavy atom. The van der Waals surface area contributed by atoms with Crippen molar-refractivity contribution < 1.29 is 4.79 Å². The Bertz CT molecular complexity index is 455. The molecule has 1 fully saturated rings. The smallest absolute Gasteiger partial charge is 0.220 e. The first-order valence-corrected chi connectivity index (χ1v) is 8.74. The van der Waals surface area contributed by atoms with E-state index in [9.17, 15) is 4.79 Å². The molecular weight excluding hydrogens is 272 g/mol. The van der Waals surface area contributed by atoms with Gasteiger partial charge in [0.1, 0.15) is 0 Å². The predicted molar refractivity (Wildman–Crippen MR) is 91.7 cm³/mol. The van der Waals surface area contributed by atoms with Crippen LogP contribution in [0.2, 0.25) is 0 Å². The number of carbonyl (C=O) groups excluding carboxylic acids is 1. The number of hydrogen-bond acceptors (Lipinski definition) is 2. The fourth-order valence-electron chi connectivity index (χ4n) is 3.33. The van der Waals surface area contributed by atoms with Gasteiger partial charge in [-0.15, -0.1) is 0 Å². The Morgan fingerprint density at radius 1 is 1.18 bits per heavy atom. The molecule has 1 aromatic carbocycles. The zero-order valence-corrected chi connectivity index (χ0v) is 13.8. The summed E-state index contributed by atoms with van der Waals surface area (Å²) < 4.78 is 0. The Kier molecular flexibility index (Phi) is 6.91. The summed E-state index contributed by atoms with van der Waals surface area (Å²) >= 11 is 0. The third kappa shape index (κ3) is 5.45. The van der Waals surface area contributed by atoms with Crippen molar-refractivity contribution in [2.24, 2.45) is 11.7 Å². The SMILES string of the molecule is Cc1ccc(CCCCC(=O)NC2CCCCC2CN)cc1. The Morgan fingerprint density at radius 3 is 2.64 bits per heavy atom. The third-order valence-electron chi connectivity index (χ3n) is 4.80. The first-order valence-electron chi connectivity index (χ1n) is 8.74. The van der Waals surface area contributed by atoms with Gasteiger partial charge in [-0.25, -0.2) is 0 Å². The molecule has 1 amide bonds. The number of nitrogens with two attached hydrogens (primary N) is 1. The quantitative estimate of drug-likeness (QED) is 0.759. The molecule has 2 unspecified atom stereocenters. The second-order valence-corrected chi connectivity index (χ2v) is 6.65. The highest BCUT2D eigenvalue weighted by molar-refractivity contribution is 5.76. The summed E-state index contributed by atoms with van der Waals surface area (Å²) in [5, 5.41) is 3.21. The molecule has 2 atom stereocenters. The minimum absolute atomic E-state index is 0.203. The van der Waals surface area contributed by atoms with Gasteiger partial charge in [-0.1, -0.05) is 42.7 Å². The van der Waals surface area contributed by atoms with E-state index < -0.39 is 0 Å². The van der Waals surface area contributed by atoms with Crippen molar-refractivity contribution in [1.82, 2.24) is 5.32 Å². The molecule has 2 rings (SSSR count). The van der Waals surface area contributed by atoms with Gasteiger partial charge in [-0.05, 0) is 57.1 Å². The van der Waals surface area contributed by atoms with Crippen LogP contribution in [0.5, 0.6) is 0 Å². The molecule has 3 N–H and O–H groups in total. The minimum atomic E-state index is 0.203. The van der Waals surface area contributed by atoms with Gasteiger partial charge in [0.05, 0.1) is 0 Å². The molecule has 0 aliphatic heterocycles. The van der Waals surface area contributed by atoms with Crippen LogP contribution in [-0.2, 0) is 11.2 Å². The first kappa shape index (κ1) is 17.0. The number of aryl methyl sites for hydroxylation is 2. The van der Waals surface area contributed by atoms with Crippen LogP contribution in [0.4, 0.5) is 0 Å². The predicted octanol–water partition coefficient (Wildman–Crippen LogP) is 3.34. The number of nitrogens with one attached hydrogen (secondary N) is 1. The molecule has 0 heterocycles. The van der Waals surface area contributed by atoms with Crippen molar-refractivity contribution in [2.45, 2.75) is 64.3 Å². The van der Waals surface area contributed by atoms with Crippen molar-refractivity contribution >= 4 is 5.91 Å². The Hall–Kier alpha value is -1.35. The second kappa shape index (κ2) is 8.94. The number of rotatable bonds is 7. The first-order chi connectivity index (χ1) is 10.7. The molecule has 0 bridgehead atoms. The molecule has 1 aliphatic rings. The topological polar surface area (TPSA) is 55.1 Å². The Balaban J connectivity index is 1.64. The highest BCUT2D eigenvalue weighted by Crippen LogP contribution is 2.23. The van der Waals surface area contributed by atoms with Gasteiger partial charge in [0, 0.05) is 12.5 Å². The largest absolute Gasteiger partial charge is 0.353 e. The van der Waals surface area contributed by atoms with Gasteiger partial charge < -0.3 is 11.1 Å². The Labute approximate surface area is 134 Å². The molecule has 1 saturated carbocycles. The van der Waals surface area contributed by atoms with Crippen molar-refractivity contribution in [3.8, 4) is 0 Å². The van der Waals surface area contributed by atoms with Gasteiger partial charge in [0.15, 0.2) is 0 Å². The molecule has 122 valence electrons. The third-order valence-corrected chi connectivity index (χ3v) is 4.80. The summed E-state index contributed by atoms with van der Waals surface area (Å²) in [4.78, 5) is 12.1. The standard InChI is InChI=1S/C19H30N2O/c1-15-10-12-16(13-11-15)6-2-5-9-19(22)21-18-8-4-3-7-17(18)14-20/h10-13,17-18H,2-9,14,20H2,1H3,(H,21,22). The fourth-order valence-corrected chi connectivity index (χ4v) is 3.33. The van der Waals surface area contributed by atoms with E-state index in [4.69, 9.17) is 5.73 Å². The van der Waals surface area contributed by atoms with Crippen LogP contribution in [0.3, 0.4) is 0 Å². The molecule has 0 saturated heterocycles. The minimum Gasteiger partial charge on any atom is -0.353 e. The highest BCUT2D eigenvalue weighted by atomic mass is 16.1. The lowest BCUT2D eigenvalue weighted by Gasteiger charge is -2.31. The fraction of sp³-hybridized carbons (Fsp3) is 0.632. The number of unbranched alkanes of at least 4 members (excludes halogenated alkanes) is 1. The summed E-state index contributed by atoms with van der Waals surface area (Å²) in [6.45, 7) is 2.80. The van der Waals surface area contributed by atoms with Gasteiger partial charge in [-0.2, -0.15) is 0 Å². The summed E-state index contributed by atoms with van der Waals surface area (Å²) in [6.07, 6.45) is 8.45. The van der Waals surface area contributed by atoms with Gasteiger partial charge in [0.25, 0.3) is 0 Å². The maximum atomic E-state index is 12.1. The van der Waals surface area contributed by atoms with E-state index in [1.54, 1.807) is 0 Å². The van der Waals surface area contributed by atoms with Crippen LogP contribution >= 0.6 is 0 Å².